The van der Waals surface area contributed by atoms with Gasteiger partial charge in [0.25, 0.3) is 5.56 Å². The van der Waals surface area contributed by atoms with E-state index in [1.54, 1.807) is 14.2 Å². The molecule has 1 atom stereocenters. The van der Waals surface area contributed by atoms with Crippen molar-refractivity contribution in [3.05, 3.63) is 112 Å². The zero-order chi connectivity index (χ0) is 27.9. The lowest BCUT2D eigenvalue weighted by Crippen LogP contribution is -2.32. The molecule has 0 spiro atoms. The van der Waals surface area contributed by atoms with Crippen molar-refractivity contribution in [1.82, 2.24) is 30.1 Å². The molecule has 0 saturated heterocycles. The Morgan fingerprint density at radius 2 is 1.65 bits per heavy atom. The molecule has 40 heavy (non-hydrogen) atoms. The smallest absolute Gasteiger partial charge is 0.252 e. The molecular formula is C31H34N6O3. The summed E-state index contributed by atoms with van der Waals surface area (Å²) < 4.78 is 12.6. The first-order valence-electron chi connectivity index (χ1n) is 13.4. The fourth-order valence-corrected chi connectivity index (χ4v) is 5.00. The molecule has 2 heterocycles. The van der Waals surface area contributed by atoms with Crippen LogP contribution in [0.4, 0.5) is 0 Å². The van der Waals surface area contributed by atoms with Gasteiger partial charge < -0.3 is 14.5 Å². The number of nitrogens with zero attached hydrogens (tertiary/aromatic N) is 5. The van der Waals surface area contributed by atoms with Crippen LogP contribution in [0.1, 0.15) is 48.3 Å². The zero-order valence-corrected chi connectivity index (χ0v) is 23.1. The number of H-pyrrole nitrogens is 1. The molecule has 9 nitrogen and oxygen atoms in total. The van der Waals surface area contributed by atoms with E-state index in [1.807, 2.05) is 71.4 Å². The van der Waals surface area contributed by atoms with E-state index in [2.05, 4.69) is 44.5 Å². The maximum absolute atomic E-state index is 13.2. The summed E-state index contributed by atoms with van der Waals surface area (Å²) in [5.41, 5.74) is 3.56. The van der Waals surface area contributed by atoms with Crippen molar-refractivity contribution in [2.45, 2.75) is 45.4 Å². The van der Waals surface area contributed by atoms with E-state index < -0.39 is 0 Å². The molecule has 3 aromatic carbocycles. The zero-order valence-electron chi connectivity index (χ0n) is 23.1. The first kappa shape index (κ1) is 27.1. The van der Waals surface area contributed by atoms with Gasteiger partial charge in [0, 0.05) is 29.6 Å². The third-order valence-corrected chi connectivity index (χ3v) is 7.08. The second-order valence-electron chi connectivity index (χ2n) is 9.81. The van der Waals surface area contributed by atoms with Crippen molar-refractivity contribution in [3.8, 4) is 11.5 Å². The summed E-state index contributed by atoms with van der Waals surface area (Å²) in [5, 5.41) is 13.8. The normalized spacial score (nSPS) is 12.1. The van der Waals surface area contributed by atoms with Crippen molar-refractivity contribution in [3.63, 3.8) is 0 Å². The van der Waals surface area contributed by atoms with Crippen molar-refractivity contribution >= 4 is 10.9 Å². The van der Waals surface area contributed by atoms with Crippen LogP contribution in [0.3, 0.4) is 0 Å². The van der Waals surface area contributed by atoms with Gasteiger partial charge in [0.05, 0.1) is 26.8 Å². The van der Waals surface area contributed by atoms with Crippen LogP contribution in [-0.4, -0.2) is 44.3 Å². The molecule has 5 rings (SSSR count). The summed E-state index contributed by atoms with van der Waals surface area (Å²) in [6.45, 7) is 3.75. The van der Waals surface area contributed by atoms with Gasteiger partial charge in [-0.1, -0.05) is 55.8 Å². The maximum atomic E-state index is 13.2. The standard InChI is InChI=1S/C31H34N6O3/c1-4-8-29(30-33-34-35-37(30)20-23-11-13-26(39-2)14-12-23)36(19-22-9-6-5-7-10-22)21-25-17-24-18-27(40-3)15-16-28(24)32-31(25)38/h5-7,9-18,29H,4,8,19-21H2,1-3H3,(H,32,38)/t29-/m1/s1. The third kappa shape index (κ3) is 6.21. The predicted octanol–water partition coefficient (Wildman–Crippen LogP) is 5.12. The molecule has 1 N–H and O–H groups in total. The van der Waals surface area contributed by atoms with Crippen LogP contribution >= 0.6 is 0 Å². The van der Waals surface area contributed by atoms with Crippen molar-refractivity contribution in [2.24, 2.45) is 0 Å². The quantitative estimate of drug-likeness (QED) is 0.235. The number of aromatic nitrogens is 5. The van der Waals surface area contributed by atoms with Gasteiger partial charge >= 0.3 is 0 Å². The molecule has 0 aliphatic carbocycles. The topological polar surface area (TPSA) is 98.2 Å². The Hall–Kier alpha value is -4.50. The van der Waals surface area contributed by atoms with Gasteiger partial charge in [0.2, 0.25) is 0 Å². The van der Waals surface area contributed by atoms with E-state index in [9.17, 15) is 4.79 Å². The summed E-state index contributed by atoms with van der Waals surface area (Å²) in [7, 11) is 3.29. The van der Waals surface area contributed by atoms with Crippen LogP contribution in [0.15, 0.2) is 83.7 Å². The minimum atomic E-state index is -0.112. The molecule has 5 aromatic rings. The summed E-state index contributed by atoms with van der Waals surface area (Å²) >= 11 is 0. The average molecular weight is 539 g/mol. The van der Waals surface area contributed by atoms with Crippen LogP contribution in [0, 0.1) is 0 Å². The summed E-state index contributed by atoms with van der Waals surface area (Å²) in [5.74, 6) is 2.32. The summed E-state index contributed by atoms with van der Waals surface area (Å²) in [6, 6.07) is 25.7. The molecule has 0 fully saturated rings. The van der Waals surface area contributed by atoms with Gasteiger partial charge in [0.15, 0.2) is 5.82 Å². The fraction of sp³-hybridized carbons (Fsp3) is 0.290. The number of nitrogens with one attached hydrogen (secondary N) is 1. The van der Waals surface area contributed by atoms with Crippen LogP contribution in [0.2, 0.25) is 0 Å². The first-order valence-corrected chi connectivity index (χ1v) is 13.4. The second-order valence-corrected chi connectivity index (χ2v) is 9.81. The van der Waals surface area contributed by atoms with Gasteiger partial charge in [-0.3, -0.25) is 9.69 Å². The van der Waals surface area contributed by atoms with Crippen LogP contribution < -0.4 is 15.0 Å². The van der Waals surface area contributed by atoms with E-state index in [1.165, 1.54) is 0 Å². The van der Waals surface area contributed by atoms with Gasteiger partial charge in [0.1, 0.15) is 11.5 Å². The molecule has 9 heteroatoms. The molecule has 0 aliphatic heterocycles. The number of hydrogen-bond acceptors (Lipinski definition) is 7. The third-order valence-electron chi connectivity index (χ3n) is 7.08. The highest BCUT2D eigenvalue weighted by Gasteiger charge is 2.27. The van der Waals surface area contributed by atoms with Gasteiger partial charge in [-0.15, -0.1) is 5.10 Å². The Balaban J connectivity index is 1.52. The lowest BCUT2D eigenvalue weighted by Gasteiger charge is -2.31. The number of benzene rings is 3. The molecule has 2 aromatic heterocycles. The molecule has 0 radical (unpaired) electrons. The molecule has 0 bridgehead atoms. The van der Waals surface area contributed by atoms with Gasteiger partial charge in [-0.05, 0) is 64.4 Å². The summed E-state index contributed by atoms with van der Waals surface area (Å²) in [6.07, 6.45) is 1.76. The Morgan fingerprint density at radius 1 is 0.900 bits per heavy atom. The Morgan fingerprint density at radius 3 is 2.38 bits per heavy atom. The highest BCUT2D eigenvalue weighted by Crippen LogP contribution is 2.29. The lowest BCUT2D eigenvalue weighted by atomic mass is 10.1. The highest BCUT2D eigenvalue weighted by atomic mass is 16.5. The monoisotopic (exact) mass is 538 g/mol. The number of tetrazole rings is 1. The van der Waals surface area contributed by atoms with E-state index in [0.29, 0.717) is 25.2 Å². The minimum absolute atomic E-state index is 0.108. The molecule has 0 saturated carbocycles. The van der Waals surface area contributed by atoms with Crippen molar-refractivity contribution in [1.29, 1.82) is 0 Å². The number of ether oxygens (including phenoxy) is 2. The average Bonchev–Trinajstić information content (AvgIpc) is 3.44. The molecule has 0 unspecified atom stereocenters. The fourth-order valence-electron chi connectivity index (χ4n) is 5.00. The number of aromatic amines is 1. The van der Waals surface area contributed by atoms with Gasteiger partial charge in [-0.25, -0.2) is 4.68 Å². The lowest BCUT2D eigenvalue weighted by molar-refractivity contribution is 0.156. The number of methoxy groups -OCH3 is 2. The maximum Gasteiger partial charge on any atom is 0.252 e. The highest BCUT2D eigenvalue weighted by molar-refractivity contribution is 5.80. The Labute approximate surface area is 233 Å². The Bertz CT molecular complexity index is 1600. The molecule has 0 aliphatic rings. The molecule has 0 amide bonds. The van der Waals surface area contributed by atoms with E-state index >= 15 is 0 Å². The van der Waals surface area contributed by atoms with Crippen LogP contribution in [-0.2, 0) is 19.6 Å². The number of pyridine rings is 1. The van der Waals surface area contributed by atoms with Gasteiger partial charge in [-0.2, -0.15) is 0 Å². The number of rotatable bonds is 12. The molecule has 206 valence electrons. The Kier molecular flexibility index (Phi) is 8.51. The summed E-state index contributed by atoms with van der Waals surface area (Å²) in [4.78, 5) is 18.6. The van der Waals surface area contributed by atoms with E-state index in [0.717, 1.165) is 52.2 Å². The first-order chi connectivity index (χ1) is 19.6. The van der Waals surface area contributed by atoms with E-state index in [-0.39, 0.29) is 11.6 Å². The largest absolute Gasteiger partial charge is 0.497 e. The predicted molar refractivity (Wildman–Crippen MR) is 154 cm³/mol. The van der Waals surface area contributed by atoms with Crippen LogP contribution in [0.5, 0.6) is 11.5 Å². The number of hydrogen-bond donors (Lipinski definition) is 1. The van der Waals surface area contributed by atoms with Crippen LogP contribution in [0.25, 0.3) is 10.9 Å². The van der Waals surface area contributed by atoms with Crippen molar-refractivity contribution in [2.75, 3.05) is 14.2 Å². The number of fused-ring (bicyclic) bond motifs is 1. The van der Waals surface area contributed by atoms with E-state index in [4.69, 9.17) is 9.47 Å². The SMILES string of the molecule is CCC[C@H](c1nnnn1Cc1ccc(OC)cc1)N(Cc1ccccc1)Cc1cc2cc(OC)ccc2[nH]c1=O. The van der Waals surface area contributed by atoms with Crippen molar-refractivity contribution < 1.29 is 9.47 Å². The molecular weight excluding hydrogens is 504 g/mol. The minimum Gasteiger partial charge on any atom is -0.497 e. The second kappa shape index (κ2) is 12.6.